The Kier molecular flexibility index (Phi) is 3.31. The highest BCUT2D eigenvalue weighted by molar-refractivity contribution is 6.28. The lowest BCUT2D eigenvalue weighted by atomic mass is 9.89. The van der Waals surface area contributed by atoms with E-state index in [1.165, 1.54) is 25.7 Å². The summed E-state index contributed by atoms with van der Waals surface area (Å²) in [6.07, 6.45) is 5.15. The maximum atomic E-state index is 6.22. The summed E-state index contributed by atoms with van der Waals surface area (Å²) in [5, 5.41) is 8.78. The third-order valence-corrected chi connectivity index (χ3v) is 4.37. The molecule has 1 aromatic carbocycles. The van der Waals surface area contributed by atoms with Crippen LogP contribution in [0.15, 0.2) is 30.3 Å². The van der Waals surface area contributed by atoms with Crippen LogP contribution in [0, 0.1) is 5.41 Å². The number of halogens is 1. The Labute approximate surface area is 118 Å². The van der Waals surface area contributed by atoms with Gasteiger partial charge in [0.25, 0.3) is 0 Å². The second-order valence-corrected chi connectivity index (χ2v) is 6.10. The van der Waals surface area contributed by atoms with Gasteiger partial charge in [-0.3, -0.25) is 4.57 Å². The zero-order chi connectivity index (χ0) is 13.3. The standard InChI is InChI=1S/C15H18ClN3/c1-15(9-5-6-10-15)11-19-13(17-18-14(19)16)12-7-3-2-4-8-12/h2-4,7-8H,5-6,9-11H2,1H3. The maximum Gasteiger partial charge on any atom is 0.225 e. The summed E-state index contributed by atoms with van der Waals surface area (Å²) in [4.78, 5) is 0. The molecule has 100 valence electrons. The molecule has 1 aliphatic carbocycles. The Morgan fingerprint density at radius 2 is 1.84 bits per heavy atom. The molecule has 2 aromatic rings. The van der Waals surface area contributed by atoms with Gasteiger partial charge in [-0.25, -0.2) is 0 Å². The Hall–Kier alpha value is -1.35. The first kappa shape index (κ1) is 12.7. The first-order chi connectivity index (χ1) is 9.18. The zero-order valence-electron chi connectivity index (χ0n) is 11.1. The monoisotopic (exact) mass is 275 g/mol. The second-order valence-electron chi connectivity index (χ2n) is 5.76. The fraction of sp³-hybridized carbons (Fsp3) is 0.467. The van der Waals surface area contributed by atoms with Crippen LogP contribution >= 0.6 is 11.6 Å². The molecule has 0 saturated heterocycles. The molecule has 1 aromatic heterocycles. The predicted molar refractivity (Wildman–Crippen MR) is 77.0 cm³/mol. The van der Waals surface area contributed by atoms with Crippen molar-refractivity contribution in [2.45, 2.75) is 39.2 Å². The van der Waals surface area contributed by atoms with E-state index in [9.17, 15) is 0 Å². The highest BCUT2D eigenvalue weighted by atomic mass is 35.5. The number of aromatic nitrogens is 3. The summed E-state index contributed by atoms with van der Waals surface area (Å²) >= 11 is 6.22. The second kappa shape index (κ2) is 4.97. The van der Waals surface area contributed by atoms with E-state index in [0.29, 0.717) is 10.7 Å². The molecule has 0 atom stereocenters. The van der Waals surface area contributed by atoms with E-state index < -0.39 is 0 Å². The third-order valence-electron chi connectivity index (χ3n) is 4.09. The normalized spacial score (nSPS) is 17.8. The number of benzene rings is 1. The predicted octanol–water partition coefficient (Wildman–Crippen LogP) is 4.18. The van der Waals surface area contributed by atoms with Gasteiger partial charge in [0.15, 0.2) is 5.82 Å². The van der Waals surface area contributed by atoms with Crippen LogP contribution < -0.4 is 0 Å². The van der Waals surface area contributed by atoms with Crippen LogP contribution in [0.3, 0.4) is 0 Å². The first-order valence-electron chi connectivity index (χ1n) is 6.82. The van der Waals surface area contributed by atoms with Crippen LogP contribution in [0.2, 0.25) is 5.28 Å². The molecule has 0 spiro atoms. The zero-order valence-corrected chi connectivity index (χ0v) is 11.9. The van der Waals surface area contributed by atoms with Crippen LogP contribution in [0.25, 0.3) is 11.4 Å². The van der Waals surface area contributed by atoms with Crippen molar-refractivity contribution in [1.82, 2.24) is 14.8 Å². The lowest BCUT2D eigenvalue weighted by Gasteiger charge is -2.24. The van der Waals surface area contributed by atoms with Crippen LogP contribution in [0.4, 0.5) is 0 Å². The van der Waals surface area contributed by atoms with E-state index >= 15 is 0 Å². The van der Waals surface area contributed by atoms with E-state index in [2.05, 4.69) is 21.7 Å². The number of hydrogen-bond donors (Lipinski definition) is 0. The van der Waals surface area contributed by atoms with Gasteiger partial charge in [-0.1, -0.05) is 50.1 Å². The smallest absolute Gasteiger partial charge is 0.225 e. The topological polar surface area (TPSA) is 30.7 Å². The van der Waals surface area contributed by atoms with Crippen molar-refractivity contribution in [3.05, 3.63) is 35.6 Å². The van der Waals surface area contributed by atoms with Gasteiger partial charge < -0.3 is 0 Å². The van der Waals surface area contributed by atoms with E-state index in [1.54, 1.807) is 0 Å². The largest absolute Gasteiger partial charge is 0.297 e. The summed E-state index contributed by atoms with van der Waals surface area (Å²) in [6.45, 7) is 3.24. The fourth-order valence-corrected chi connectivity index (χ4v) is 3.17. The van der Waals surface area contributed by atoms with Crippen molar-refractivity contribution in [2.24, 2.45) is 5.41 Å². The van der Waals surface area contributed by atoms with Gasteiger partial charge in [-0.2, -0.15) is 0 Å². The molecule has 0 unspecified atom stereocenters. The summed E-state index contributed by atoms with van der Waals surface area (Å²) in [5.74, 6) is 0.874. The molecular weight excluding hydrogens is 258 g/mol. The number of nitrogens with zero attached hydrogens (tertiary/aromatic N) is 3. The van der Waals surface area contributed by atoms with Crippen LogP contribution in [0.1, 0.15) is 32.6 Å². The molecule has 0 aliphatic heterocycles. The van der Waals surface area contributed by atoms with E-state index in [4.69, 9.17) is 11.6 Å². The molecule has 3 nitrogen and oxygen atoms in total. The highest BCUT2D eigenvalue weighted by Gasteiger charge is 2.30. The molecule has 1 heterocycles. The average molecular weight is 276 g/mol. The van der Waals surface area contributed by atoms with E-state index in [-0.39, 0.29) is 0 Å². The van der Waals surface area contributed by atoms with Gasteiger partial charge in [0.05, 0.1) is 0 Å². The lowest BCUT2D eigenvalue weighted by Crippen LogP contribution is -2.20. The molecule has 4 heteroatoms. The quantitative estimate of drug-likeness (QED) is 0.841. The Morgan fingerprint density at radius 1 is 1.16 bits per heavy atom. The minimum atomic E-state index is 0.329. The Bertz CT molecular complexity index is 556. The first-order valence-corrected chi connectivity index (χ1v) is 7.20. The van der Waals surface area contributed by atoms with Gasteiger partial charge in [0.1, 0.15) is 0 Å². The van der Waals surface area contributed by atoms with Crippen molar-refractivity contribution in [1.29, 1.82) is 0 Å². The van der Waals surface area contributed by atoms with Crippen molar-refractivity contribution in [3.8, 4) is 11.4 Å². The molecular formula is C15H18ClN3. The van der Waals surface area contributed by atoms with E-state index in [0.717, 1.165) is 17.9 Å². The molecule has 1 aliphatic rings. The van der Waals surface area contributed by atoms with Gasteiger partial charge in [-0.05, 0) is 29.9 Å². The Balaban J connectivity index is 1.95. The van der Waals surface area contributed by atoms with Crippen molar-refractivity contribution < 1.29 is 0 Å². The summed E-state index contributed by atoms with van der Waals surface area (Å²) in [5.41, 5.74) is 1.40. The number of rotatable bonds is 3. The van der Waals surface area contributed by atoms with Crippen molar-refractivity contribution in [2.75, 3.05) is 0 Å². The summed E-state index contributed by atoms with van der Waals surface area (Å²) < 4.78 is 2.06. The minimum Gasteiger partial charge on any atom is -0.297 e. The number of hydrogen-bond acceptors (Lipinski definition) is 2. The van der Waals surface area contributed by atoms with Crippen molar-refractivity contribution >= 4 is 11.6 Å². The Morgan fingerprint density at radius 3 is 2.53 bits per heavy atom. The minimum absolute atomic E-state index is 0.329. The lowest BCUT2D eigenvalue weighted by molar-refractivity contribution is 0.283. The van der Waals surface area contributed by atoms with Crippen molar-refractivity contribution in [3.63, 3.8) is 0 Å². The van der Waals surface area contributed by atoms with Gasteiger partial charge >= 0.3 is 0 Å². The summed E-state index contributed by atoms with van der Waals surface area (Å²) in [7, 11) is 0. The SMILES string of the molecule is CC1(Cn2c(Cl)nnc2-c2ccccc2)CCCC1. The molecule has 1 fully saturated rings. The average Bonchev–Trinajstić information content (AvgIpc) is 2.99. The van der Waals surface area contributed by atoms with E-state index in [1.807, 2.05) is 30.3 Å². The van der Waals surface area contributed by atoms with Gasteiger partial charge in [0.2, 0.25) is 5.28 Å². The fourth-order valence-electron chi connectivity index (χ4n) is 2.99. The molecule has 0 amide bonds. The molecule has 0 bridgehead atoms. The third kappa shape index (κ3) is 2.52. The maximum absolute atomic E-state index is 6.22. The van der Waals surface area contributed by atoms with Crippen LogP contribution in [-0.4, -0.2) is 14.8 Å². The van der Waals surface area contributed by atoms with Gasteiger partial charge in [-0.15, -0.1) is 10.2 Å². The van der Waals surface area contributed by atoms with Gasteiger partial charge in [0, 0.05) is 12.1 Å². The highest BCUT2D eigenvalue weighted by Crippen LogP contribution is 2.40. The molecule has 1 saturated carbocycles. The summed E-state index contributed by atoms with van der Waals surface area (Å²) in [6, 6.07) is 10.1. The molecule has 19 heavy (non-hydrogen) atoms. The van der Waals surface area contributed by atoms with Crippen LogP contribution in [0.5, 0.6) is 0 Å². The van der Waals surface area contributed by atoms with Crippen LogP contribution in [-0.2, 0) is 6.54 Å². The molecule has 0 radical (unpaired) electrons. The molecule has 3 rings (SSSR count). The molecule has 0 N–H and O–H groups in total.